The van der Waals surface area contributed by atoms with E-state index in [4.69, 9.17) is 9.47 Å². The van der Waals surface area contributed by atoms with E-state index in [9.17, 15) is 13.2 Å². The molecule has 8 heteroatoms. The van der Waals surface area contributed by atoms with Gasteiger partial charge in [0.25, 0.3) is 5.91 Å². The smallest absolute Gasteiger partial charge is 0.264 e. The first-order valence-electron chi connectivity index (χ1n) is 10.7. The molecule has 0 unspecified atom stereocenters. The van der Waals surface area contributed by atoms with Crippen molar-refractivity contribution in [3.05, 3.63) is 53.6 Å². The topological polar surface area (TPSA) is 76.2 Å². The fourth-order valence-corrected chi connectivity index (χ4v) is 5.34. The Kier molecular flexibility index (Phi) is 7.58. The summed E-state index contributed by atoms with van der Waals surface area (Å²) in [5.41, 5.74) is 2.55. The number of hydrogen-bond donors (Lipinski definition) is 0. The SMILES string of the molecule is C/C=C/c1ccc(OCC(=O)N2CCc3cc(S(=O)(=O)N(CC)CC)ccc32)c(OC)c1. The summed E-state index contributed by atoms with van der Waals surface area (Å²) < 4.78 is 38.2. The zero-order valence-corrected chi connectivity index (χ0v) is 19.8. The average molecular weight is 459 g/mol. The van der Waals surface area contributed by atoms with Gasteiger partial charge in [-0.1, -0.05) is 32.1 Å². The van der Waals surface area contributed by atoms with Gasteiger partial charge < -0.3 is 14.4 Å². The van der Waals surface area contributed by atoms with E-state index in [1.54, 1.807) is 36.3 Å². The summed E-state index contributed by atoms with van der Waals surface area (Å²) in [5.74, 6) is 0.860. The third-order valence-electron chi connectivity index (χ3n) is 5.49. The molecule has 0 atom stereocenters. The first kappa shape index (κ1) is 23.8. The number of carbonyl (C=O) groups is 1. The van der Waals surface area contributed by atoms with Gasteiger partial charge in [-0.3, -0.25) is 4.79 Å². The van der Waals surface area contributed by atoms with Crippen LogP contribution in [0.4, 0.5) is 5.69 Å². The Labute approximate surface area is 190 Å². The van der Waals surface area contributed by atoms with Gasteiger partial charge in [0.2, 0.25) is 10.0 Å². The maximum absolute atomic E-state index is 12.9. The second kappa shape index (κ2) is 10.2. The number of benzene rings is 2. The average Bonchev–Trinajstić information content (AvgIpc) is 3.22. The highest BCUT2D eigenvalue weighted by Crippen LogP contribution is 2.32. The van der Waals surface area contributed by atoms with Crippen molar-refractivity contribution in [1.29, 1.82) is 0 Å². The van der Waals surface area contributed by atoms with Crippen molar-refractivity contribution in [2.24, 2.45) is 0 Å². The third-order valence-corrected chi connectivity index (χ3v) is 7.53. The molecule has 7 nitrogen and oxygen atoms in total. The molecule has 0 N–H and O–H groups in total. The lowest BCUT2D eigenvalue weighted by Crippen LogP contribution is -2.33. The van der Waals surface area contributed by atoms with Crippen molar-refractivity contribution in [1.82, 2.24) is 4.31 Å². The first-order valence-corrected chi connectivity index (χ1v) is 12.2. The molecule has 3 rings (SSSR count). The summed E-state index contributed by atoms with van der Waals surface area (Å²) >= 11 is 0. The number of nitrogens with zero attached hydrogens (tertiary/aromatic N) is 2. The van der Waals surface area contributed by atoms with Crippen molar-refractivity contribution in [2.45, 2.75) is 32.1 Å². The summed E-state index contributed by atoms with van der Waals surface area (Å²) in [6, 6.07) is 10.5. The lowest BCUT2D eigenvalue weighted by Gasteiger charge is -2.20. The normalized spacial score (nSPS) is 13.6. The minimum Gasteiger partial charge on any atom is -0.493 e. The molecule has 1 amide bonds. The summed E-state index contributed by atoms with van der Waals surface area (Å²) in [4.78, 5) is 14.8. The number of carbonyl (C=O) groups excluding carboxylic acids is 1. The van der Waals surface area contributed by atoms with Crippen LogP contribution in [0.15, 0.2) is 47.4 Å². The molecule has 0 saturated heterocycles. The van der Waals surface area contributed by atoms with E-state index in [0.29, 0.717) is 37.6 Å². The lowest BCUT2D eigenvalue weighted by molar-refractivity contribution is -0.120. The summed E-state index contributed by atoms with van der Waals surface area (Å²) in [7, 11) is -1.98. The maximum Gasteiger partial charge on any atom is 0.264 e. The van der Waals surface area contributed by atoms with Crippen LogP contribution < -0.4 is 14.4 Å². The van der Waals surface area contributed by atoms with Gasteiger partial charge in [-0.05, 0) is 54.8 Å². The van der Waals surface area contributed by atoms with Crippen LogP contribution in [0, 0.1) is 0 Å². The van der Waals surface area contributed by atoms with Crippen LogP contribution in [0.25, 0.3) is 6.08 Å². The molecular formula is C24H30N2O5S. The minimum absolute atomic E-state index is 0.141. The molecule has 2 aromatic carbocycles. The molecule has 0 aromatic heterocycles. The van der Waals surface area contributed by atoms with Gasteiger partial charge in [-0.25, -0.2) is 8.42 Å². The fraction of sp³-hybridized carbons (Fsp3) is 0.375. The van der Waals surface area contributed by atoms with E-state index in [1.165, 1.54) is 4.31 Å². The maximum atomic E-state index is 12.9. The number of allylic oxidation sites excluding steroid dienone is 1. The van der Waals surface area contributed by atoms with Crippen molar-refractivity contribution < 1.29 is 22.7 Å². The molecule has 0 bridgehead atoms. The Morgan fingerprint density at radius 1 is 1.12 bits per heavy atom. The summed E-state index contributed by atoms with van der Waals surface area (Å²) in [5, 5.41) is 0. The number of rotatable bonds is 9. The second-order valence-electron chi connectivity index (χ2n) is 7.37. The van der Waals surface area contributed by atoms with Crippen LogP contribution in [0.2, 0.25) is 0 Å². The molecule has 0 aliphatic carbocycles. The van der Waals surface area contributed by atoms with Gasteiger partial charge >= 0.3 is 0 Å². The predicted molar refractivity (Wildman–Crippen MR) is 126 cm³/mol. The van der Waals surface area contributed by atoms with E-state index >= 15 is 0 Å². The highest BCUT2D eigenvalue weighted by atomic mass is 32.2. The van der Waals surface area contributed by atoms with Crippen LogP contribution >= 0.6 is 0 Å². The highest BCUT2D eigenvalue weighted by Gasteiger charge is 2.28. The number of amides is 1. The number of anilines is 1. The molecule has 0 spiro atoms. The number of ether oxygens (including phenoxy) is 2. The molecule has 1 aliphatic rings. The predicted octanol–water partition coefficient (Wildman–Crippen LogP) is 3.73. The van der Waals surface area contributed by atoms with Crippen LogP contribution in [-0.2, 0) is 21.2 Å². The number of hydrogen-bond acceptors (Lipinski definition) is 5. The van der Waals surface area contributed by atoms with Gasteiger partial charge in [0.05, 0.1) is 12.0 Å². The number of methoxy groups -OCH3 is 1. The van der Waals surface area contributed by atoms with Gasteiger partial charge in [-0.2, -0.15) is 4.31 Å². The molecular weight excluding hydrogens is 428 g/mol. The summed E-state index contributed by atoms with van der Waals surface area (Å²) in [6.07, 6.45) is 4.49. The van der Waals surface area contributed by atoms with E-state index in [1.807, 2.05) is 45.1 Å². The van der Waals surface area contributed by atoms with Crippen molar-refractivity contribution >= 4 is 27.7 Å². The van der Waals surface area contributed by atoms with Crippen LogP contribution in [0.1, 0.15) is 31.9 Å². The third kappa shape index (κ3) is 4.81. The van der Waals surface area contributed by atoms with Gasteiger partial charge in [0.1, 0.15) is 0 Å². The molecule has 0 fully saturated rings. The lowest BCUT2D eigenvalue weighted by atomic mass is 10.2. The van der Waals surface area contributed by atoms with Crippen LogP contribution in [0.3, 0.4) is 0 Å². The molecule has 0 saturated carbocycles. The van der Waals surface area contributed by atoms with E-state index in [2.05, 4.69) is 0 Å². The van der Waals surface area contributed by atoms with Crippen LogP contribution in [0.5, 0.6) is 11.5 Å². The molecule has 1 heterocycles. The van der Waals surface area contributed by atoms with Crippen molar-refractivity contribution in [3.63, 3.8) is 0 Å². The van der Waals surface area contributed by atoms with Gasteiger partial charge in [0.15, 0.2) is 18.1 Å². The zero-order valence-electron chi connectivity index (χ0n) is 19.0. The van der Waals surface area contributed by atoms with Crippen molar-refractivity contribution in [2.75, 3.05) is 38.3 Å². The Bertz CT molecular complexity index is 1110. The first-order chi connectivity index (χ1) is 15.3. The quantitative estimate of drug-likeness (QED) is 0.572. The van der Waals surface area contributed by atoms with E-state index in [0.717, 1.165) is 16.8 Å². The Morgan fingerprint density at radius 3 is 2.53 bits per heavy atom. The molecule has 2 aromatic rings. The van der Waals surface area contributed by atoms with Crippen molar-refractivity contribution in [3.8, 4) is 11.5 Å². The largest absolute Gasteiger partial charge is 0.493 e. The molecule has 0 radical (unpaired) electrons. The Hall–Kier alpha value is -2.84. The number of fused-ring (bicyclic) bond motifs is 1. The molecule has 172 valence electrons. The second-order valence-corrected chi connectivity index (χ2v) is 9.31. The Balaban J connectivity index is 1.74. The Morgan fingerprint density at radius 2 is 1.88 bits per heavy atom. The van der Waals surface area contributed by atoms with Gasteiger partial charge in [-0.15, -0.1) is 0 Å². The van der Waals surface area contributed by atoms with Gasteiger partial charge in [0, 0.05) is 25.3 Å². The standard InChI is InChI=1S/C24H30N2O5S/c1-5-8-18-9-12-22(23(15-18)30-4)31-17-24(27)26-14-13-19-16-20(10-11-21(19)26)32(28,29)25(6-2)7-3/h5,8-12,15-16H,6-7,13-14,17H2,1-4H3/b8-5+. The van der Waals surface area contributed by atoms with Crippen LogP contribution in [-0.4, -0.2) is 52.0 Å². The number of sulfonamides is 1. The molecule has 32 heavy (non-hydrogen) atoms. The minimum atomic E-state index is -3.54. The van der Waals surface area contributed by atoms with E-state index in [-0.39, 0.29) is 17.4 Å². The summed E-state index contributed by atoms with van der Waals surface area (Å²) in [6.45, 7) is 6.75. The highest BCUT2D eigenvalue weighted by molar-refractivity contribution is 7.89. The monoisotopic (exact) mass is 458 g/mol. The van der Waals surface area contributed by atoms with E-state index < -0.39 is 10.0 Å². The zero-order chi connectivity index (χ0) is 23.3. The fourth-order valence-electron chi connectivity index (χ4n) is 3.83. The molecule has 1 aliphatic heterocycles.